The number of aliphatic hydroxyl groups excluding tert-OH is 1. The molecule has 0 aliphatic heterocycles. The summed E-state index contributed by atoms with van der Waals surface area (Å²) in [5, 5.41) is 13.2. The Labute approximate surface area is 126 Å². The summed E-state index contributed by atoms with van der Waals surface area (Å²) in [5.74, 6) is -1.93. The third-order valence-corrected chi connectivity index (χ3v) is 4.50. The van der Waals surface area contributed by atoms with Gasteiger partial charge >= 0.3 is 0 Å². The predicted molar refractivity (Wildman–Crippen MR) is 74.5 cm³/mol. The molecule has 0 aliphatic rings. The van der Waals surface area contributed by atoms with E-state index >= 15 is 0 Å². The maximum atomic E-state index is 13.6. The number of aryl methyl sites for hydroxylation is 1. The summed E-state index contributed by atoms with van der Waals surface area (Å²) >= 11 is 0. The Morgan fingerprint density at radius 3 is 2.73 bits per heavy atom. The standard InChI is InChI=1S/C13H15F2N3O3S/c1-18-7-9(6-16-18)4-11(8-19)17-22(20,21)13-5-10(14)2-3-12(13)15/h2-3,5-7,11,17,19H,4,8H2,1H3/t11-/m1/s1. The predicted octanol–water partition coefficient (Wildman–Crippen LogP) is 0.580. The highest BCUT2D eigenvalue weighted by atomic mass is 32.2. The van der Waals surface area contributed by atoms with Gasteiger partial charge in [0.25, 0.3) is 0 Å². The first-order valence-corrected chi connectivity index (χ1v) is 7.86. The zero-order valence-electron chi connectivity index (χ0n) is 11.7. The molecule has 2 N–H and O–H groups in total. The van der Waals surface area contributed by atoms with Crippen molar-refractivity contribution >= 4 is 10.0 Å². The van der Waals surface area contributed by atoms with Gasteiger partial charge in [-0.05, 0) is 30.2 Å². The second-order valence-corrected chi connectivity index (χ2v) is 6.48. The van der Waals surface area contributed by atoms with Crippen LogP contribution in [0.2, 0.25) is 0 Å². The molecule has 1 aromatic carbocycles. The zero-order valence-corrected chi connectivity index (χ0v) is 12.5. The van der Waals surface area contributed by atoms with Crippen molar-refractivity contribution in [1.29, 1.82) is 0 Å². The fraction of sp³-hybridized carbons (Fsp3) is 0.308. The zero-order chi connectivity index (χ0) is 16.3. The number of halogens is 2. The highest BCUT2D eigenvalue weighted by Gasteiger charge is 2.24. The molecule has 2 rings (SSSR count). The van der Waals surface area contributed by atoms with E-state index in [-0.39, 0.29) is 6.42 Å². The van der Waals surface area contributed by atoms with Gasteiger partial charge in [-0.1, -0.05) is 0 Å². The number of benzene rings is 1. The van der Waals surface area contributed by atoms with E-state index in [0.29, 0.717) is 11.6 Å². The van der Waals surface area contributed by atoms with Crippen LogP contribution in [0.5, 0.6) is 0 Å². The van der Waals surface area contributed by atoms with Gasteiger partial charge in [0.1, 0.15) is 16.5 Å². The van der Waals surface area contributed by atoms with E-state index in [1.165, 1.54) is 10.9 Å². The number of rotatable bonds is 6. The Balaban J connectivity index is 2.20. The number of aliphatic hydroxyl groups is 1. The molecule has 1 heterocycles. The first kappa shape index (κ1) is 16.5. The summed E-state index contributed by atoms with van der Waals surface area (Å²) in [6.07, 6.45) is 3.36. The smallest absolute Gasteiger partial charge is 0.243 e. The Bertz CT molecular complexity index is 762. The summed E-state index contributed by atoms with van der Waals surface area (Å²) in [7, 11) is -2.59. The van der Waals surface area contributed by atoms with E-state index < -0.39 is 39.2 Å². The van der Waals surface area contributed by atoms with Gasteiger partial charge in [0.15, 0.2) is 0 Å². The minimum atomic E-state index is -4.29. The Morgan fingerprint density at radius 1 is 1.41 bits per heavy atom. The Hall–Kier alpha value is -1.84. The van der Waals surface area contributed by atoms with Crippen molar-refractivity contribution in [2.75, 3.05) is 6.61 Å². The molecule has 6 nitrogen and oxygen atoms in total. The van der Waals surface area contributed by atoms with Gasteiger partial charge < -0.3 is 5.11 Å². The van der Waals surface area contributed by atoms with Crippen LogP contribution in [-0.4, -0.2) is 36.0 Å². The average molecular weight is 331 g/mol. The second kappa shape index (κ2) is 6.51. The van der Waals surface area contributed by atoms with Crippen LogP contribution in [0, 0.1) is 11.6 Å². The lowest BCUT2D eigenvalue weighted by molar-refractivity contribution is 0.256. The Kier molecular flexibility index (Phi) is 4.89. The molecule has 0 bridgehead atoms. The van der Waals surface area contributed by atoms with Gasteiger partial charge in [-0.15, -0.1) is 0 Å². The summed E-state index contributed by atoms with van der Waals surface area (Å²) < 4.78 is 54.7. The van der Waals surface area contributed by atoms with Gasteiger partial charge in [0.05, 0.1) is 12.8 Å². The van der Waals surface area contributed by atoms with Gasteiger partial charge in [-0.3, -0.25) is 4.68 Å². The molecule has 22 heavy (non-hydrogen) atoms. The second-order valence-electron chi connectivity index (χ2n) is 4.80. The fourth-order valence-electron chi connectivity index (χ4n) is 1.97. The van der Waals surface area contributed by atoms with Crippen molar-refractivity contribution in [2.45, 2.75) is 17.4 Å². The van der Waals surface area contributed by atoms with Crippen molar-refractivity contribution < 1.29 is 22.3 Å². The molecular formula is C13H15F2N3O3S. The topological polar surface area (TPSA) is 84.2 Å². The molecule has 2 aromatic rings. The molecule has 0 saturated heterocycles. The number of hydrogen-bond donors (Lipinski definition) is 2. The van der Waals surface area contributed by atoms with Gasteiger partial charge in [0, 0.05) is 19.3 Å². The number of aromatic nitrogens is 2. The van der Waals surface area contributed by atoms with Crippen LogP contribution >= 0.6 is 0 Å². The minimum Gasteiger partial charge on any atom is -0.395 e. The molecule has 0 unspecified atom stereocenters. The monoisotopic (exact) mass is 331 g/mol. The van der Waals surface area contributed by atoms with Crippen molar-refractivity contribution in [3.63, 3.8) is 0 Å². The van der Waals surface area contributed by atoms with Crippen molar-refractivity contribution in [1.82, 2.24) is 14.5 Å². The first-order valence-electron chi connectivity index (χ1n) is 6.37. The van der Waals surface area contributed by atoms with Crippen molar-refractivity contribution in [3.05, 3.63) is 47.8 Å². The fourth-order valence-corrected chi connectivity index (χ4v) is 3.29. The van der Waals surface area contributed by atoms with Crippen LogP contribution < -0.4 is 4.72 Å². The van der Waals surface area contributed by atoms with Crippen molar-refractivity contribution in [3.8, 4) is 0 Å². The van der Waals surface area contributed by atoms with E-state index in [1.54, 1.807) is 13.2 Å². The van der Waals surface area contributed by atoms with Crippen LogP contribution in [0.4, 0.5) is 8.78 Å². The highest BCUT2D eigenvalue weighted by molar-refractivity contribution is 7.89. The molecule has 1 aromatic heterocycles. The molecule has 9 heteroatoms. The summed E-state index contributed by atoms with van der Waals surface area (Å²) in [4.78, 5) is -0.794. The molecule has 0 saturated carbocycles. The van der Waals surface area contributed by atoms with E-state index in [1.807, 2.05) is 0 Å². The SMILES string of the molecule is Cn1cc(C[C@H](CO)NS(=O)(=O)c2cc(F)ccc2F)cn1. The first-order chi connectivity index (χ1) is 10.3. The molecule has 0 spiro atoms. The van der Waals surface area contributed by atoms with Crippen molar-refractivity contribution in [2.24, 2.45) is 7.05 Å². The summed E-state index contributed by atoms with van der Waals surface area (Å²) in [6, 6.07) is 1.28. The summed E-state index contributed by atoms with van der Waals surface area (Å²) in [6.45, 7) is -0.495. The molecule has 1 atom stereocenters. The molecule has 0 aliphatic carbocycles. The van der Waals surface area contributed by atoms with Gasteiger partial charge in [-0.2, -0.15) is 5.10 Å². The normalized spacial score (nSPS) is 13.3. The van der Waals surface area contributed by atoms with Gasteiger partial charge in [0.2, 0.25) is 10.0 Å². The number of nitrogens with one attached hydrogen (secondary N) is 1. The number of hydrogen-bond acceptors (Lipinski definition) is 4. The maximum absolute atomic E-state index is 13.6. The Morgan fingerprint density at radius 2 is 2.14 bits per heavy atom. The molecule has 0 amide bonds. The van der Waals surface area contributed by atoms with Crippen LogP contribution in [-0.2, 0) is 23.5 Å². The molecule has 120 valence electrons. The van der Waals surface area contributed by atoms with Gasteiger partial charge in [-0.25, -0.2) is 21.9 Å². The van der Waals surface area contributed by atoms with E-state index in [0.717, 1.165) is 12.1 Å². The highest BCUT2D eigenvalue weighted by Crippen LogP contribution is 2.16. The van der Waals surface area contributed by atoms with E-state index in [4.69, 9.17) is 0 Å². The molecular weight excluding hydrogens is 316 g/mol. The lowest BCUT2D eigenvalue weighted by Gasteiger charge is -2.16. The molecule has 0 radical (unpaired) electrons. The minimum absolute atomic E-state index is 0.167. The number of nitrogens with zero attached hydrogens (tertiary/aromatic N) is 2. The number of sulfonamides is 1. The lowest BCUT2D eigenvalue weighted by Crippen LogP contribution is -2.39. The van der Waals surface area contributed by atoms with E-state index in [9.17, 15) is 22.3 Å². The largest absolute Gasteiger partial charge is 0.395 e. The average Bonchev–Trinajstić information content (AvgIpc) is 2.85. The maximum Gasteiger partial charge on any atom is 0.243 e. The third kappa shape index (κ3) is 3.87. The van der Waals surface area contributed by atoms with Crippen LogP contribution in [0.25, 0.3) is 0 Å². The third-order valence-electron chi connectivity index (χ3n) is 2.97. The molecule has 0 fully saturated rings. The lowest BCUT2D eigenvalue weighted by atomic mass is 10.1. The van der Waals surface area contributed by atoms with Crippen LogP contribution in [0.1, 0.15) is 5.56 Å². The van der Waals surface area contributed by atoms with Crippen LogP contribution in [0.3, 0.4) is 0 Å². The van der Waals surface area contributed by atoms with E-state index in [2.05, 4.69) is 9.82 Å². The van der Waals surface area contributed by atoms with Crippen LogP contribution in [0.15, 0.2) is 35.5 Å². The summed E-state index contributed by atoms with van der Waals surface area (Å²) in [5.41, 5.74) is 0.698. The quantitative estimate of drug-likeness (QED) is 0.811.